The average Bonchev–Trinajstić information content (AvgIpc) is 3.28. The summed E-state index contributed by atoms with van der Waals surface area (Å²) in [7, 11) is -3.65. The van der Waals surface area contributed by atoms with Crippen LogP contribution in [0.2, 0.25) is 0 Å². The predicted octanol–water partition coefficient (Wildman–Crippen LogP) is 3.02. The van der Waals surface area contributed by atoms with Crippen molar-refractivity contribution < 1.29 is 17.6 Å². The predicted molar refractivity (Wildman–Crippen MR) is 123 cm³/mol. The molecule has 2 saturated heterocycles. The maximum atomic E-state index is 13.1. The summed E-state index contributed by atoms with van der Waals surface area (Å²) in [6, 6.07) is 8.09. The van der Waals surface area contributed by atoms with Gasteiger partial charge in [0.1, 0.15) is 15.6 Å². The molecule has 2 aliphatic rings. The number of likely N-dealkylation sites (tertiary alicyclic amines) is 1. The molecule has 2 fully saturated rings. The molecular formula is C21H26FN3O3S3. The highest BCUT2D eigenvalue weighted by molar-refractivity contribution is 7.99. The van der Waals surface area contributed by atoms with Gasteiger partial charge >= 0.3 is 0 Å². The third kappa shape index (κ3) is 5.48. The van der Waals surface area contributed by atoms with Gasteiger partial charge in [-0.2, -0.15) is 16.1 Å². The van der Waals surface area contributed by atoms with Crippen molar-refractivity contribution >= 4 is 39.0 Å². The lowest BCUT2D eigenvalue weighted by molar-refractivity contribution is 0.0910. The van der Waals surface area contributed by atoms with Crippen LogP contribution in [-0.4, -0.2) is 67.3 Å². The number of halogens is 1. The first-order chi connectivity index (χ1) is 14.9. The van der Waals surface area contributed by atoms with Crippen LogP contribution in [0.4, 0.5) is 4.39 Å². The standard InChI is InChI=1S/C21H26FN3O3S3/c22-17-3-1-16(2-4-17)15-24-8-5-18(6-9-24)23-21(26)20-19(7-12-30-20)31(27,28)25-10-13-29-14-11-25/h1-4,7,12,18H,5-6,8-11,13-15H2,(H,23,26). The van der Waals surface area contributed by atoms with E-state index in [0.717, 1.165) is 49.5 Å². The number of nitrogens with one attached hydrogen (secondary N) is 1. The molecule has 4 rings (SSSR count). The maximum absolute atomic E-state index is 13.1. The monoisotopic (exact) mass is 483 g/mol. The lowest BCUT2D eigenvalue weighted by Crippen LogP contribution is -2.44. The molecule has 6 nitrogen and oxygen atoms in total. The molecule has 0 saturated carbocycles. The van der Waals surface area contributed by atoms with Crippen LogP contribution >= 0.6 is 23.1 Å². The Bertz CT molecular complexity index is 996. The van der Waals surface area contributed by atoms with E-state index >= 15 is 0 Å². The number of rotatable bonds is 6. The fraction of sp³-hybridized carbons (Fsp3) is 0.476. The number of nitrogens with zero attached hydrogens (tertiary/aromatic N) is 2. The number of thiophene rings is 1. The van der Waals surface area contributed by atoms with E-state index in [1.54, 1.807) is 35.3 Å². The zero-order chi connectivity index (χ0) is 21.8. The second-order valence-electron chi connectivity index (χ2n) is 7.78. The fourth-order valence-electron chi connectivity index (χ4n) is 3.93. The molecule has 2 aliphatic heterocycles. The number of amides is 1. The van der Waals surface area contributed by atoms with Crippen LogP contribution in [0.15, 0.2) is 40.6 Å². The normalized spacial score (nSPS) is 19.4. The third-order valence-electron chi connectivity index (χ3n) is 5.67. The van der Waals surface area contributed by atoms with Gasteiger partial charge in [-0.3, -0.25) is 9.69 Å². The van der Waals surface area contributed by atoms with Crippen LogP contribution < -0.4 is 5.32 Å². The van der Waals surface area contributed by atoms with Crippen molar-refractivity contribution in [3.63, 3.8) is 0 Å². The highest BCUT2D eigenvalue weighted by Gasteiger charge is 2.32. The number of carbonyl (C=O) groups is 1. The average molecular weight is 484 g/mol. The largest absolute Gasteiger partial charge is 0.348 e. The molecule has 0 atom stereocenters. The van der Waals surface area contributed by atoms with Crippen molar-refractivity contribution in [2.24, 2.45) is 0 Å². The van der Waals surface area contributed by atoms with Gasteiger partial charge in [0.2, 0.25) is 10.0 Å². The van der Waals surface area contributed by atoms with Gasteiger partial charge < -0.3 is 5.32 Å². The summed E-state index contributed by atoms with van der Waals surface area (Å²) in [5, 5.41) is 4.71. The first kappa shape index (κ1) is 22.7. The molecule has 1 aromatic carbocycles. The Kier molecular flexibility index (Phi) is 7.33. The number of benzene rings is 1. The molecule has 0 spiro atoms. The van der Waals surface area contributed by atoms with Crippen molar-refractivity contribution in [2.45, 2.75) is 30.3 Å². The number of hydrogen-bond acceptors (Lipinski definition) is 6. The SMILES string of the molecule is O=C(NC1CCN(Cc2ccc(F)cc2)CC1)c1sccc1S(=O)(=O)N1CCSCC1. The summed E-state index contributed by atoms with van der Waals surface area (Å²) in [6.45, 7) is 3.36. The molecule has 1 amide bonds. The molecule has 0 unspecified atom stereocenters. The first-order valence-electron chi connectivity index (χ1n) is 10.4. The van der Waals surface area contributed by atoms with E-state index in [0.29, 0.717) is 13.1 Å². The third-order valence-corrected chi connectivity index (χ3v) is 9.59. The van der Waals surface area contributed by atoms with Gasteiger partial charge in [-0.1, -0.05) is 12.1 Å². The number of hydrogen-bond donors (Lipinski definition) is 1. The van der Waals surface area contributed by atoms with Crippen LogP contribution in [0, 0.1) is 5.82 Å². The topological polar surface area (TPSA) is 69.7 Å². The van der Waals surface area contributed by atoms with Gasteiger partial charge in [0, 0.05) is 50.3 Å². The Labute approximate surface area is 190 Å². The van der Waals surface area contributed by atoms with E-state index in [2.05, 4.69) is 10.2 Å². The summed E-state index contributed by atoms with van der Waals surface area (Å²) in [5.74, 6) is 1.01. The molecule has 2 aromatic rings. The van der Waals surface area contributed by atoms with E-state index in [1.807, 2.05) is 0 Å². The Morgan fingerprint density at radius 2 is 1.74 bits per heavy atom. The Hall–Kier alpha value is -1.46. The zero-order valence-electron chi connectivity index (χ0n) is 17.1. The molecule has 10 heteroatoms. The number of carbonyl (C=O) groups excluding carboxylic acids is 1. The lowest BCUT2D eigenvalue weighted by Gasteiger charge is -2.32. The molecule has 3 heterocycles. The summed E-state index contributed by atoms with van der Waals surface area (Å²) in [5.41, 5.74) is 1.06. The number of piperidine rings is 1. The zero-order valence-corrected chi connectivity index (χ0v) is 19.6. The molecule has 1 N–H and O–H groups in total. The van der Waals surface area contributed by atoms with Crippen LogP contribution in [-0.2, 0) is 16.6 Å². The van der Waals surface area contributed by atoms with Crippen molar-refractivity contribution in [3.05, 3.63) is 52.0 Å². The number of thioether (sulfide) groups is 1. The first-order valence-corrected chi connectivity index (χ1v) is 13.8. The van der Waals surface area contributed by atoms with Crippen LogP contribution in [0.3, 0.4) is 0 Å². The van der Waals surface area contributed by atoms with Gasteiger partial charge in [0.15, 0.2) is 0 Å². The highest BCUT2D eigenvalue weighted by Crippen LogP contribution is 2.27. The summed E-state index contributed by atoms with van der Waals surface area (Å²) in [6.07, 6.45) is 1.59. The van der Waals surface area contributed by atoms with Gasteiger partial charge in [-0.15, -0.1) is 11.3 Å². The van der Waals surface area contributed by atoms with E-state index in [9.17, 15) is 17.6 Å². The second-order valence-corrected chi connectivity index (χ2v) is 11.8. The molecule has 31 heavy (non-hydrogen) atoms. The van der Waals surface area contributed by atoms with E-state index in [1.165, 1.54) is 27.8 Å². The quantitative estimate of drug-likeness (QED) is 0.684. The highest BCUT2D eigenvalue weighted by atomic mass is 32.2. The van der Waals surface area contributed by atoms with Crippen molar-refractivity contribution in [2.75, 3.05) is 37.7 Å². The smallest absolute Gasteiger partial charge is 0.262 e. The maximum Gasteiger partial charge on any atom is 0.262 e. The van der Waals surface area contributed by atoms with Gasteiger partial charge in [0.25, 0.3) is 5.91 Å². The molecule has 168 valence electrons. The molecular weight excluding hydrogens is 457 g/mol. The minimum Gasteiger partial charge on any atom is -0.348 e. The Morgan fingerprint density at radius 3 is 2.42 bits per heavy atom. The fourth-order valence-corrected chi connectivity index (χ4v) is 7.81. The van der Waals surface area contributed by atoms with E-state index in [-0.39, 0.29) is 27.5 Å². The van der Waals surface area contributed by atoms with Crippen molar-refractivity contribution in [1.82, 2.24) is 14.5 Å². The van der Waals surface area contributed by atoms with Crippen LogP contribution in [0.25, 0.3) is 0 Å². The lowest BCUT2D eigenvalue weighted by atomic mass is 10.0. The molecule has 0 aliphatic carbocycles. The van der Waals surface area contributed by atoms with Crippen LogP contribution in [0.1, 0.15) is 28.1 Å². The summed E-state index contributed by atoms with van der Waals surface area (Å²) in [4.78, 5) is 15.6. The van der Waals surface area contributed by atoms with Gasteiger partial charge in [-0.25, -0.2) is 12.8 Å². The van der Waals surface area contributed by atoms with Crippen LogP contribution in [0.5, 0.6) is 0 Å². The molecule has 0 bridgehead atoms. The minimum absolute atomic E-state index is 0.0148. The van der Waals surface area contributed by atoms with Crippen molar-refractivity contribution in [3.8, 4) is 0 Å². The summed E-state index contributed by atoms with van der Waals surface area (Å²) >= 11 is 2.92. The minimum atomic E-state index is -3.65. The molecule has 0 radical (unpaired) electrons. The van der Waals surface area contributed by atoms with Gasteiger partial charge in [0.05, 0.1) is 0 Å². The second kappa shape index (κ2) is 9.99. The Morgan fingerprint density at radius 1 is 1.06 bits per heavy atom. The van der Waals surface area contributed by atoms with E-state index < -0.39 is 10.0 Å². The number of sulfonamides is 1. The van der Waals surface area contributed by atoms with Gasteiger partial charge in [-0.05, 0) is 42.0 Å². The van der Waals surface area contributed by atoms with E-state index in [4.69, 9.17) is 0 Å². The summed E-state index contributed by atoms with van der Waals surface area (Å²) < 4.78 is 40.6. The van der Waals surface area contributed by atoms with Crippen molar-refractivity contribution in [1.29, 1.82) is 0 Å². The Balaban J connectivity index is 1.34. The molecule has 1 aromatic heterocycles.